The number of nitrogens with two attached hydrogens (primary N) is 1. The maximum Gasteiger partial charge on any atom is 0.263 e. The monoisotopic (exact) mass is 243 g/mol. The molecule has 0 amide bonds. The quantitative estimate of drug-likeness (QED) is 0.775. The first kappa shape index (κ1) is 10.4. The maximum atomic E-state index is 11.8. The fourth-order valence-corrected chi connectivity index (χ4v) is 1.73. The van der Waals surface area contributed by atoms with E-state index in [1.807, 2.05) is 0 Å². The molecule has 4 nitrogen and oxygen atoms in total. The normalized spacial score (nSPS) is 10.9. The summed E-state index contributed by atoms with van der Waals surface area (Å²) >= 11 is 11.6. The summed E-state index contributed by atoms with van der Waals surface area (Å²) in [6.07, 6.45) is 0. The molecular weight excluding hydrogens is 237 g/mol. The Hall–Kier alpha value is -1.10. The van der Waals surface area contributed by atoms with E-state index in [4.69, 9.17) is 28.9 Å². The Morgan fingerprint density at radius 3 is 2.80 bits per heavy atom. The average molecular weight is 244 g/mol. The Morgan fingerprint density at radius 1 is 1.40 bits per heavy atom. The van der Waals surface area contributed by atoms with Crippen LogP contribution in [0.5, 0.6) is 0 Å². The van der Waals surface area contributed by atoms with Gasteiger partial charge in [-0.15, -0.1) is 0 Å². The van der Waals surface area contributed by atoms with Gasteiger partial charge in [-0.3, -0.25) is 9.36 Å². The molecule has 0 aliphatic heterocycles. The predicted molar refractivity (Wildman–Crippen MR) is 60.2 cm³/mol. The summed E-state index contributed by atoms with van der Waals surface area (Å²) in [4.78, 5) is 15.9. The van der Waals surface area contributed by atoms with Crippen molar-refractivity contribution in [1.29, 1.82) is 0 Å². The molecule has 1 aromatic carbocycles. The van der Waals surface area contributed by atoms with Crippen LogP contribution in [0, 0.1) is 0 Å². The van der Waals surface area contributed by atoms with E-state index in [0.717, 1.165) is 0 Å². The topological polar surface area (TPSA) is 60.9 Å². The third kappa shape index (κ3) is 1.71. The van der Waals surface area contributed by atoms with Crippen molar-refractivity contribution in [2.75, 3.05) is 0 Å². The van der Waals surface area contributed by atoms with Gasteiger partial charge >= 0.3 is 0 Å². The zero-order valence-electron chi connectivity index (χ0n) is 7.58. The van der Waals surface area contributed by atoms with Crippen LogP contribution in [0.3, 0.4) is 0 Å². The molecule has 2 rings (SSSR count). The van der Waals surface area contributed by atoms with E-state index in [2.05, 4.69) is 4.98 Å². The number of hydrogen-bond acceptors (Lipinski definition) is 3. The highest BCUT2D eigenvalue weighted by Gasteiger charge is 2.08. The molecule has 0 spiro atoms. The van der Waals surface area contributed by atoms with Gasteiger partial charge in [-0.1, -0.05) is 11.6 Å². The minimum atomic E-state index is -0.282. The van der Waals surface area contributed by atoms with Crippen LogP contribution < -0.4 is 11.3 Å². The largest absolute Gasteiger partial charge is 0.313 e. The number of rotatable bonds is 1. The average Bonchev–Trinajstić information content (AvgIpc) is 2.20. The van der Waals surface area contributed by atoms with Crippen molar-refractivity contribution in [3.63, 3.8) is 0 Å². The lowest BCUT2D eigenvalue weighted by molar-refractivity contribution is 0.693. The van der Waals surface area contributed by atoms with Crippen molar-refractivity contribution < 1.29 is 0 Å². The summed E-state index contributed by atoms with van der Waals surface area (Å²) in [5.74, 6) is 0. The van der Waals surface area contributed by atoms with Gasteiger partial charge in [-0.05, 0) is 29.8 Å². The SMILES string of the molecule is NCn1c(Cl)nc2ccc(Cl)cc2c1=O. The molecule has 0 saturated heterocycles. The van der Waals surface area contributed by atoms with E-state index >= 15 is 0 Å². The van der Waals surface area contributed by atoms with Crippen LogP contribution in [-0.2, 0) is 6.67 Å². The van der Waals surface area contributed by atoms with Crippen molar-refractivity contribution in [3.05, 3.63) is 38.9 Å². The van der Waals surface area contributed by atoms with Crippen LogP contribution in [0.4, 0.5) is 0 Å². The smallest absolute Gasteiger partial charge is 0.263 e. The number of hydrogen-bond donors (Lipinski definition) is 1. The number of halogens is 2. The fraction of sp³-hybridized carbons (Fsp3) is 0.111. The Kier molecular flexibility index (Phi) is 2.65. The van der Waals surface area contributed by atoms with E-state index < -0.39 is 0 Å². The van der Waals surface area contributed by atoms with Gasteiger partial charge < -0.3 is 5.73 Å². The first-order chi connectivity index (χ1) is 7.13. The maximum absolute atomic E-state index is 11.8. The molecular formula is C9H7Cl2N3O. The Bertz CT molecular complexity index is 579. The van der Waals surface area contributed by atoms with E-state index in [9.17, 15) is 4.79 Å². The van der Waals surface area contributed by atoms with Gasteiger partial charge in [0, 0.05) is 5.02 Å². The van der Waals surface area contributed by atoms with Crippen LogP contribution in [0.15, 0.2) is 23.0 Å². The van der Waals surface area contributed by atoms with E-state index in [-0.39, 0.29) is 17.5 Å². The molecule has 1 aromatic heterocycles. The summed E-state index contributed by atoms with van der Waals surface area (Å²) in [6.45, 7) is -0.00683. The van der Waals surface area contributed by atoms with Gasteiger partial charge in [-0.2, -0.15) is 0 Å². The number of nitrogens with zero attached hydrogens (tertiary/aromatic N) is 2. The van der Waals surface area contributed by atoms with Crippen molar-refractivity contribution in [3.8, 4) is 0 Å². The number of aromatic nitrogens is 2. The Labute approximate surface area is 95.2 Å². The van der Waals surface area contributed by atoms with Crippen molar-refractivity contribution in [2.24, 2.45) is 5.73 Å². The highest BCUT2D eigenvalue weighted by molar-refractivity contribution is 6.31. The molecule has 1 heterocycles. The van der Waals surface area contributed by atoms with E-state index in [1.54, 1.807) is 18.2 Å². The number of fused-ring (bicyclic) bond motifs is 1. The standard InChI is InChI=1S/C9H7Cl2N3O/c10-5-1-2-7-6(3-5)8(15)14(4-12)9(11)13-7/h1-3H,4,12H2. The van der Waals surface area contributed by atoms with Crippen LogP contribution in [0.2, 0.25) is 10.3 Å². The second-order valence-corrected chi connectivity index (χ2v) is 3.73. The first-order valence-electron chi connectivity index (χ1n) is 4.19. The summed E-state index contributed by atoms with van der Waals surface area (Å²) in [5, 5.41) is 0.974. The minimum Gasteiger partial charge on any atom is -0.313 e. The first-order valence-corrected chi connectivity index (χ1v) is 4.94. The molecule has 0 aliphatic carbocycles. The van der Waals surface area contributed by atoms with Crippen molar-refractivity contribution >= 4 is 34.1 Å². The molecule has 0 bridgehead atoms. The van der Waals surface area contributed by atoms with Crippen LogP contribution in [0.25, 0.3) is 10.9 Å². The molecule has 0 radical (unpaired) electrons. The summed E-state index contributed by atoms with van der Waals surface area (Å²) in [6, 6.07) is 4.85. The molecule has 15 heavy (non-hydrogen) atoms. The molecule has 0 fully saturated rings. The van der Waals surface area contributed by atoms with Gasteiger partial charge in [0.2, 0.25) is 5.28 Å². The van der Waals surface area contributed by atoms with E-state index in [1.165, 1.54) is 4.57 Å². The highest BCUT2D eigenvalue weighted by atomic mass is 35.5. The molecule has 2 N–H and O–H groups in total. The van der Waals surface area contributed by atoms with Crippen molar-refractivity contribution in [2.45, 2.75) is 6.67 Å². The Morgan fingerprint density at radius 2 is 2.13 bits per heavy atom. The molecule has 0 aliphatic rings. The molecule has 0 unspecified atom stereocenters. The predicted octanol–water partition coefficient (Wildman–Crippen LogP) is 1.62. The third-order valence-electron chi connectivity index (χ3n) is 2.05. The van der Waals surface area contributed by atoms with Gasteiger partial charge in [0.25, 0.3) is 5.56 Å². The van der Waals surface area contributed by atoms with Gasteiger partial charge in [-0.25, -0.2) is 4.98 Å². The molecule has 78 valence electrons. The molecule has 6 heteroatoms. The lowest BCUT2D eigenvalue weighted by atomic mass is 10.2. The fourth-order valence-electron chi connectivity index (χ4n) is 1.32. The second-order valence-electron chi connectivity index (χ2n) is 2.96. The van der Waals surface area contributed by atoms with E-state index in [0.29, 0.717) is 15.9 Å². The van der Waals surface area contributed by atoms with Gasteiger partial charge in [0.05, 0.1) is 17.6 Å². The third-order valence-corrected chi connectivity index (χ3v) is 2.58. The zero-order chi connectivity index (χ0) is 11.0. The van der Waals surface area contributed by atoms with Crippen LogP contribution in [0.1, 0.15) is 0 Å². The summed E-state index contributed by atoms with van der Waals surface area (Å²) < 4.78 is 1.18. The second kappa shape index (κ2) is 3.81. The number of benzene rings is 1. The summed E-state index contributed by atoms with van der Waals surface area (Å²) in [5.41, 5.74) is 5.62. The lowest BCUT2D eigenvalue weighted by Crippen LogP contribution is -2.25. The van der Waals surface area contributed by atoms with Crippen molar-refractivity contribution in [1.82, 2.24) is 9.55 Å². The minimum absolute atomic E-state index is 0.00683. The highest BCUT2D eigenvalue weighted by Crippen LogP contribution is 2.16. The lowest BCUT2D eigenvalue weighted by Gasteiger charge is -2.05. The summed E-state index contributed by atoms with van der Waals surface area (Å²) in [7, 11) is 0. The molecule has 0 atom stereocenters. The van der Waals surface area contributed by atoms with Crippen LogP contribution in [-0.4, -0.2) is 9.55 Å². The Balaban J connectivity index is 2.92. The molecule has 2 aromatic rings. The van der Waals surface area contributed by atoms with Crippen LogP contribution >= 0.6 is 23.2 Å². The van der Waals surface area contributed by atoms with Gasteiger partial charge in [0.1, 0.15) is 0 Å². The zero-order valence-corrected chi connectivity index (χ0v) is 9.09. The molecule has 0 saturated carbocycles. The van der Waals surface area contributed by atoms with Gasteiger partial charge in [0.15, 0.2) is 0 Å².